The lowest BCUT2D eigenvalue weighted by atomic mass is 10.1. The van der Waals surface area contributed by atoms with Crippen LogP contribution in [0.5, 0.6) is 0 Å². The van der Waals surface area contributed by atoms with Crippen LogP contribution in [0.1, 0.15) is 23.0 Å². The molecule has 0 saturated heterocycles. The Morgan fingerprint density at radius 2 is 2.26 bits per heavy atom. The SMILES string of the molecule is CNc1ccc(C(=O)NC(C)Cc2ccsc2)nc1. The van der Waals surface area contributed by atoms with E-state index in [9.17, 15) is 4.79 Å². The van der Waals surface area contributed by atoms with Crippen LogP contribution in [0, 0.1) is 0 Å². The molecule has 19 heavy (non-hydrogen) atoms. The van der Waals surface area contributed by atoms with Crippen molar-refractivity contribution in [3.8, 4) is 0 Å². The number of amides is 1. The summed E-state index contributed by atoms with van der Waals surface area (Å²) in [6.07, 6.45) is 2.49. The van der Waals surface area contributed by atoms with E-state index in [2.05, 4.69) is 27.1 Å². The third-order valence-electron chi connectivity index (χ3n) is 2.78. The van der Waals surface area contributed by atoms with Gasteiger partial charge in [-0.1, -0.05) is 0 Å². The van der Waals surface area contributed by atoms with Crippen LogP contribution >= 0.6 is 11.3 Å². The first-order valence-electron chi connectivity index (χ1n) is 6.15. The lowest BCUT2D eigenvalue weighted by Crippen LogP contribution is -2.34. The second kappa shape index (κ2) is 6.33. The summed E-state index contributed by atoms with van der Waals surface area (Å²) in [4.78, 5) is 16.1. The second-order valence-electron chi connectivity index (χ2n) is 4.39. The van der Waals surface area contributed by atoms with Crippen molar-refractivity contribution in [2.24, 2.45) is 0 Å². The summed E-state index contributed by atoms with van der Waals surface area (Å²) in [5, 5.41) is 10.1. The van der Waals surface area contributed by atoms with Crippen LogP contribution < -0.4 is 10.6 Å². The van der Waals surface area contributed by atoms with Gasteiger partial charge in [-0.05, 0) is 47.9 Å². The van der Waals surface area contributed by atoms with E-state index in [-0.39, 0.29) is 11.9 Å². The molecular weight excluding hydrogens is 258 g/mol. The first-order valence-corrected chi connectivity index (χ1v) is 7.09. The molecule has 0 spiro atoms. The van der Waals surface area contributed by atoms with E-state index in [1.54, 1.807) is 23.6 Å². The number of hydrogen-bond acceptors (Lipinski definition) is 4. The zero-order valence-electron chi connectivity index (χ0n) is 11.0. The van der Waals surface area contributed by atoms with Gasteiger partial charge in [0, 0.05) is 13.1 Å². The Kier molecular flexibility index (Phi) is 4.52. The van der Waals surface area contributed by atoms with Crippen molar-refractivity contribution in [3.05, 3.63) is 46.4 Å². The average Bonchev–Trinajstić information content (AvgIpc) is 2.91. The molecule has 1 atom stereocenters. The van der Waals surface area contributed by atoms with E-state index in [1.807, 2.05) is 25.4 Å². The molecule has 4 nitrogen and oxygen atoms in total. The van der Waals surface area contributed by atoms with Gasteiger partial charge in [0.2, 0.25) is 0 Å². The number of anilines is 1. The molecular formula is C14H17N3OS. The number of nitrogens with zero attached hydrogens (tertiary/aromatic N) is 1. The van der Waals surface area contributed by atoms with Crippen molar-refractivity contribution in [2.45, 2.75) is 19.4 Å². The average molecular weight is 275 g/mol. The third kappa shape index (κ3) is 3.79. The number of rotatable bonds is 5. The molecule has 0 aliphatic carbocycles. The Hall–Kier alpha value is -1.88. The van der Waals surface area contributed by atoms with Crippen LogP contribution in [0.2, 0.25) is 0 Å². The van der Waals surface area contributed by atoms with Gasteiger partial charge in [-0.2, -0.15) is 11.3 Å². The fourth-order valence-electron chi connectivity index (χ4n) is 1.79. The van der Waals surface area contributed by atoms with Crippen molar-refractivity contribution in [3.63, 3.8) is 0 Å². The summed E-state index contributed by atoms with van der Waals surface area (Å²) in [6, 6.07) is 5.73. The lowest BCUT2D eigenvalue weighted by molar-refractivity contribution is 0.0935. The van der Waals surface area contributed by atoms with Gasteiger partial charge >= 0.3 is 0 Å². The van der Waals surface area contributed by atoms with Crippen LogP contribution in [0.15, 0.2) is 35.2 Å². The molecule has 1 unspecified atom stereocenters. The van der Waals surface area contributed by atoms with Crippen LogP contribution in [0.25, 0.3) is 0 Å². The molecule has 1 amide bonds. The highest BCUT2D eigenvalue weighted by molar-refractivity contribution is 7.07. The summed E-state index contributed by atoms with van der Waals surface area (Å²) >= 11 is 1.67. The molecule has 2 aromatic rings. The first kappa shape index (κ1) is 13.5. The van der Waals surface area contributed by atoms with E-state index < -0.39 is 0 Å². The maximum absolute atomic E-state index is 12.0. The smallest absolute Gasteiger partial charge is 0.270 e. The molecule has 2 aromatic heterocycles. The molecule has 0 saturated carbocycles. The van der Waals surface area contributed by atoms with Crippen molar-refractivity contribution < 1.29 is 4.79 Å². The van der Waals surface area contributed by atoms with E-state index in [0.29, 0.717) is 5.69 Å². The largest absolute Gasteiger partial charge is 0.387 e. The molecule has 0 fully saturated rings. The molecule has 0 bridgehead atoms. The van der Waals surface area contributed by atoms with Crippen molar-refractivity contribution >= 4 is 22.9 Å². The van der Waals surface area contributed by atoms with E-state index in [4.69, 9.17) is 0 Å². The van der Waals surface area contributed by atoms with Crippen LogP contribution in [0.4, 0.5) is 5.69 Å². The zero-order chi connectivity index (χ0) is 13.7. The Balaban J connectivity index is 1.92. The Morgan fingerprint density at radius 1 is 1.42 bits per heavy atom. The predicted molar refractivity (Wildman–Crippen MR) is 78.7 cm³/mol. The van der Waals surface area contributed by atoms with Gasteiger partial charge < -0.3 is 10.6 Å². The molecule has 0 radical (unpaired) electrons. The molecule has 0 aromatic carbocycles. The molecule has 2 heterocycles. The predicted octanol–water partition coefficient (Wildman–Crippen LogP) is 2.55. The number of pyridine rings is 1. The lowest BCUT2D eigenvalue weighted by Gasteiger charge is -2.12. The molecule has 100 valence electrons. The van der Waals surface area contributed by atoms with Gasteiger partial charge in [-0.3, -0.25) is 4.79 Å². The standard InChI is InChI=1S/C14H17N3OS/c1-10(7-11-5-6-19-9-11)17-14(18)13-4-3-12(15-2)8-16-13/h3-6,8-10,15H,7H2,1-2H3,(H,17,18). The van der Waals surface area contributed by atoms with Crippen LogP contribution in [0.3, 0.4) is 0 Å². The Morgan fingerprint density at radius 3 is 2.84 bits per heavy atom. The quantitative estimate of drug-likeness (QED) is 0.881. The molecule has 5 heteroatoms. The minimum absolute atomic E-state index is 0.0906. The topological polar surface area (TPSA) is 54.0 Å². The van der Waals surface area contributed by atoms with Gasteiger partial charge in [-0.25, -0.2) is 4.98 Å². The summed E-state index contributed by atoms with van der Waals surface area (Å²) in [5.41, 5.74) is 2.58. The van der Waals surface area contributed by atoms with Gasteiger partial charge in [0.1, 0.15) is 5.69 Å². The maximum Gasteiger partial charge on any atom is 0.270 e. The zero-order valence-corrected chi connectivity index (χ0v) is 11.8. The van der Waals surface area contributed by atoms with Crippen molar-refractivity contribution in [1.29, 1.82) is 0 Å². The number of carbonyl (C=O) groups excluding carboxylic acids is 1. The van der Waals surface area contributed by atoms with Gasteiger partial charge in [0.05, 0.1) is 11.9 Å². The molecule has 0 aliphatic rings. The molecule has 2 rings (SSSR count). The maximum atomic E-state index is 12.0. The minimum atomic E-state index is -0.134. The molecule has 0 aliphatic heterocycles. The highest BCUT2D eigenvalue weighted by Gasteiger charge is 2.11. The Bertz CT molecular complexity index is 522. The fourth-order valence-corrected chi connectivity index (χ4v) is 2.47. The number of hydrogen-bond donors (Lipinski definition) is 2. The van der Waals surface area contributed by atoms with E-state index >= 15 is 0 Å². The Labute approximate surface area is 116 Å². The minimum Gasteiger partial charge on any atom is -0.387 e. The van der Waals surface area contributed by atoms with Crippen LogP contribution in [-0.4, -0.2) is 24.0 Å². The normalized spacial score (nSPS) is 11.9. The van der Waals surface area contributed by atoms with Crippen LogP contribution in [-0.2, 0) is 6.42 Å². The monoisotopic (exact) mass is 275 g/mol. The summed E-state index contributed by atoms with van der Waals surface area (Å²) in [5.74, 6) is -0.134. The summed E-state index contributed by atoms with van der Waals surface area (Å²) < 4.78 is 0. The van der Waals surface area contributed by atoms with E-state index in [0.717, 1.165) is 12.1 Å². The van der Waals surface area contributed by atoms with E-state index in [1.165, 1.54) is 5.56 Å². The highest BCUT2D eigenvalue weighted by atomic mass is 32.1. The second-order valence-corrected chi connectivity index (χ2v) is 5.17. The number of nitrogens with one attached hydrogen (secondary N) is 2. The number of thiophene rings is 1. The third-order valence-corrected chi connectivity index (χ3v) is 3.52. The number of aromatic nitrogens is 1. The summed E-state index contributed by atoms with van der Waals surface area (Å²) in [6.45, 7) is 2.00. The molecule has 2 N–H and O–H groups in total. The van der Waals surface area contributed by atoms with Gasteiger partial charge in [0.15, 0.2) is 0 Å². The van der Waals surface area contributed by atoms with Gasteiger partial charge in [-0.15, -0.1) is 0 Å². The fraction of sp³-hybridized carbons (Fsp3) is 0.286. The van der Waals surface area contributed by atoms with Crippen molar-refractivity contribution in [2.75, 3.05) is 12.4 Å². The summed E-state index contributed by atoms with van der Waals surface area (Å²) in [7, 11) is 1.82. The number of carbonyl (C=O) groups is 1. The van der Waals surface area contributed by atoms with Crippen molar-refractivity contribution in [1.82, 2.24) is 10.3 Å². The highest BCUT2D eigenvalue weighted by Crippen LogP contribution is 2.09. The first-order chi connectivity index (χ1) is 9.19. The van der Waals surface area contributed by atoms with Gasteiger partial charge in [0.25, 0.3) is 5.91 Å².